The van der Waals surface area contributed by atoms with E-state index >= 15 is 0 Å². The highest BCUT2D eigenvalue weighted by atomic mass is 13.9. The van der Waals surface area contributed by atoms with E-state index in [1.54, 1.807) is 0 Å². The molecule has 0 N–H and O–H groups in total. The van der Waals surface area contributed by atoms with Gasteiger partial charge in [0.25, 0.3) is 0 Å². The summed E-state index contributed by atoms with van der Waals surface area (Å²) in [5.74, 6) is 0. The molecule has 0 aromatic rings. The Labute approximate surface area is 59.0 Å². The van der Waals surface area contributed by atoms with Gasteiger partial charge in [0.05, 0.1) is 0 Å². The fourth-order valence-corrected chi connectivity index (χ4v) is 0.942. The zero-order valence-electron chi connectivity index (χ0n) is 6.83. The Morgan fingerprint density at radius 1 is 1.22 bits per heavy atom. The largest absolute Gasteiger partial charge is 0.0670 e. The Balaban J connectivity index is 3.53. The molecule has 0 aliphatic rings. The van der Waals surface area contributed by atoms with E-state index in [4.69, 9.17) is 0 Å². The van der Waals surface area contributed by atoms with Crippen LogP contribution < -0.4 is 0 Å². The molecule has 0 saturated carbocycles. The van der Waals surface area contributed by atoms with Crippen molar-refractivity contribution in [2.45, 2.75) is 46.5 Å². The Morgan fingerprint density at radius 2 is 1.89 bits per heavy atom. The van der Waals surface area contributed by atoms with Crippen LogP contribution in [0.3, 0.4) is 0 Å². The van der Waals surface area contributed by atoms with Gasteiger partial charge in [-0.05, 0) is 25.3 Å². The van der Waals surface area contributed by atoms with Crippen LogP contribution in [0.5, 0.6) is 0 Å². The average molecular weight is 125 g/mol. The van der Waals surface area contributed by atoms with Crippen LogP contribution in [0.2, 0.25) is 0 Å². The van der Waals surface area contributed by atoms with Crippen molar-refractivity contribution < 1.29 is 0 Å². The van der Waals surface area contributed by atoms with E-state index in [1.165, 1.54) is 24.8 Å². The summed E-state index contributed by atoms with van der Waals surface area (Å²) in [6.45, 7) is 6.56. The summed E-state index contributed by atoms with van der Waals surface area (Å²) in [7, 11) is 0. The first-order valence-electron chi connectivity index (χ1n) is 3.93. The zero-order chi connectivity index (χ0) is 7.11. The van der Waals surface area contributed by atoms with Crippen molar-refractivity contribution in [2.75, 3.05) is 0 Å². The van der Waals surface area contributed by atoms with Gasteiger partial charge in [-0.25, -0.2) is 0 Å². The molecule has 0 spiro atoms. The summed E-state index contributed by atoms with van der Waals surface area (Å²) in [4.78, 5) is 0. The first kappa shape index (κ1) is 8.74. The number of rotatable bonds is 4. The van der Waals surface area contributed by atoms with Crippen molar-refractivity contribution in [2.24, 2.45) is 0 Å². The molecule has 0 saturated heterocycles. The molecule has 0 unspecified atom stereocenters. The molecular weight excluding hydrogens is 108 g/mol. The highest BCUT2D eigenvalue weighted by Crippen LogP contribution is 2.08. The van der Waals surface area contributed by atoms with Gasteiger partial charge in [0.15, 0.2) is 0 Å². The molecule has 0 aromatic carbocycles. The van der Waals surface area contributed by atoms with Crippen LogP contribution in [-0.4, -0.2) is 0 Å². The van der Waals surface area contributed by atoms with E-state index in [-0.39, 0.29) is 0 Å². The maximum Gasteiger partial charge on any atom is -0.0305 e. The molecule has 0 rings (SSSR count). The van der Waals surface area contributed by atoms with Crippen LogP contribution in [0.25, 0.3) is 0 Å². The second kappa shape index (κ2) is 5.87. The Morgan fingerprint density at radius 3 is 2.22 bits per heavy atom. The van der Waals surface area contributed by atoms with Gasteiger partial charge < -0.3 is 0 Å². The Bertz CT molecular complexity index is 80.0. The molecule has 0 atom stereocenters. The predicted molar refractivity (Wildman–Crippen MR) is 42.2 cm³/mol. The van der Waals surface area contributed by atoms with Crippen LogP contribution in [0, 0.1) is 6.08 Å². The fraction of sp³-hybridized carbons (Fsp3) is 0.778. The van der Waals surface area contributed by atoms with Gasteiger partial charge in [0.2, 0.25) is 0 Å². The summed E-state index contributed by atoms with van der Waals surface area (Å²) in [6, 6.07) is 0. The third kappa shape index (κ3) is 4.26. The van der Waals surface area contributed by atoms with Crippen LogP contribution in [0.1, 0.15) is 46.5 Å². The van der Waals surface area contributed by atoms with E-state index in [9.17, 15) is 0 Å². The molecule has 0 heterocycles. The molecule has 0 nitrogen and oxygen atoms in total. The molecule has 0 aliphatic carbocycles. The summed E-state index contributed by atoms with van der Waals surface area (Å²) >= 11 is 0. The molecule has 9 heavy (non-hydrogen) atoms. The lowest BCUT2D eigenvalue weighted by Gasteiger charge is -1.98. The highest BCUT2D eigenvalue weighted by molar-refractivity contribution is 4.94. The van der Waals surface area contributed by atoms with Crippen LogP contribution in [-0.2, 0) is 0 Å². The van der Waals surface area contributed by atoms with E-state index in [2.05, 4.69) is 26.8 Å². The minimum atomic E-state index is 1.07. The fourth-order valence-electron chi connectivity index (χ4n) is 0.942. The molecular formula is C9H17. The number of hydrogen-bond acceptors (Lipinski definition) is 0. The van der Waals surface area contributed by atoms with Gasteiger partial charge in [-0.1, -0.05) is 32.8 Å². The molecule has 0 aromatic heterocycles. The molecule has 0 fully saturated rings. The lowest BCUT2D eigenvalue weighted by Crippen LogP contribution is -1.79. The molecule has 0 aliphatic heterocycles. The maximum absolute atomic E-state index is 3.35. The first-order valence-corrected chi connectivity index (χ1v) is 3.93. The van der Waals surface area contributed by atoms with Gasteiger partial charge in [0.1, 0.15) is 0 Å². The topological polar surface area (TPSA) is 0 Å². The lowest BCUT2D eigenvalue weighted by molar-refractivity contribution is 0.841. The van der Waals surface area contributed by atoms with Gasteiger partial charge >= 0.3 is 0 Å². The highest BCUT2D eigenvalue weighted by Gasteiger charge is 1.89. The monoisotopic (exact) mass is 125 g/mol. The minimum Gasteiger partial charge on any atom is -0.0670 e. The van der Waals surface area contributed by atoms with Crippen molar-refractivity contribution in [1.82, 2.24) is 0 Å². The van der Waals surface area contributed by atoms with Crippen molar-refractivity contribution in [1.29, 1.82) is 0 Å². The minimum absolute atomic E-state index is 1.07. The second-order valence-electron chi connectivity index (χ2n) is 2.24. The molecule has 1 radical (unpaired) electrons. The van der Waals surface area contributed by atoms with Crippen LogP contribution >= 0.6 is 0 Å². The van der Waals surface area contributed by atoms with E-state index in [1.807, 2.05) is 0 Å². The van der Waals surface area contributed by atoms with Gasteiger partial charge in [-0.2, -0.15) is 0 Å². The quantitative estimate of drug-likeness (QED) is 0.540. The summed E-state index contributed by atoms with van der Waals surface area (Å²) in [5, 5.41) is 0. The average Bonchev–Trinajstić information content (AvgIpc) is 1.88. The maximum atomic E-state index is 3.35. The lowest BCUT2D eigenvalue weighted by atomic mass is 10.1. The normalized spacial score (nSPS) is 12.1. The van der Waals surface area contributed by atoms with Crippen LogP contribution in [0.15, 0.2) is 5.57 Å². The predicted octanol–water partition coefficient (Wildman–Crippen LogP) is 3.34. The van der Waals surface area contributed by atoms with Gasteiger partial charge in [-0.15, -0.1) is 0 Å². The third-order valence-electron chi connectivity index (χ3n) is 1.41. The molecule has 0 heteroatoms. The SMILES string of the molecule is CC/[C]=C(/CC)CCC. The van der Waals surface area contributed by atoms with Crippen molar-refractivity contribution >= 4 is 0 Å². The Hall–Kier alpha value is -0.260. The smallest absolute Gasteiger partial charge is 0.0305 e. The molecule has 0 amide bonds. The van der Waals surface area contributed by atoms with Gasteiger partial charge in [0, 0.05) is 0 Å². The second-order valence-corrected chi connectivity index (χ2v) is 2.24. The standard InChI is InChI=1S/C9H17/c1-4-7-9(6-3)8-5-2/h4-7H2,1-3H3. The third-order valence-corrected chi connectivity index (χ3v) is 1.41. The first-order chi connectivity index (χ1) is 4.35. The zero-order valence-corrected chi connectivity index (χ0v) is 6.83. The van der Waals surface area contributed by atoms with Gasteiger partial charge in [-0.3, -0.25) is 0 Å². The number of allylic oxidation sites excluding steroid dienone is 2. The molecule has 53 valence electrons. The van der Waals surface area contributed by atoms with E-state index < -0.39 is 0 Å². The summed E-state index contributed by atoms with van der Waals surface area (Å²) in [5.41, 5.74) is 1.50. The van der Waals surface area contributed by atoms with Crippen molar-refractivity contribution in [3.05, 3.63) is 11.6 Å². The van der Waals surface area contributed by atoms with E-state index in [0.29, 0.717) is 0 Å². The van der Waals surface area contributed by atoms with Crippen molar-refractivity contribution in [3.63, 3.8) is 0 Å². The van der Waals surface area contributed by atoms with Crippen molar-refractivity contribution in [3.8, 4) is 0 Å². The summed E-state index contributed by atoms with van der Waals surface area (Å²) in [6.07, 6.45) is 8.11. The Kier molecular flexibility index (Phi) is 5.70. The van der Waals surface area contributed by atoms with Crippen LogP contribution in [0.4, 0.5) is 0 Å². The summed E-state index contributed by atoms with van der Waals surface area (Å²) < 4.78 is 0. The van der Waals surface area contributed by atoms with E-state index in [0.717, 1.165) is 6.42 Å². The number of hydrogen-bond donors (Lipinski definition) is 0. The molecule has 0 bridgehead atoms.